The van der Waals surface area contributed by atoms with E-state index in [1.807, 2.05) is 13.0 Å². The van der Waals surface area contributed by atoms with Gasteiger partial charge in [-0.05, 0) is 37.8 Å². The number of nitrogens with two attached hydrogens (primary N) is 1. The lowest BCUT2D eigenvalue weighted by Crippen LogP contribution is -2.35. The van der Waals surface area contributed by atoms with Crippen LogP contribution in [0.4, 0.5) is 5.82 Å². The molecule has 1 aliphatic carbocycles. The molecule has 0 aromatic carbocycles. The highest BCUT2D eigenvalue weighted by Gasteiger charge is 2.23. The molecule has 0 spiro atoms. The summed E-state index contributed by atoms with van der Waals surface area (Å²) in [5.41, 5.74) is 7.07. The second-order valence-electron chi connectivity index (χ2n) is 3.96. The summed E-state index contributed by atoms with van der Waals surface area (Å²) in [6, 6.07) is 2.63. The van der Waals surface area contributed by atoms with Gasteiger partial charge in [-0.2, -0.15) is 5.10 Å². The molecule has 1 aromatic rings. The smallest absolute Gasteiger partial charge is 0.149 e. The van der Waals surface area contributed by atoms with E-state index in [-0.39, 0.29) is 6.04 Å². The maximum atomic E-state index is 5.95. The Morgan fingerprint density at radius 3 is 3.00 bits per heavy atom. The predicted molar refractivity (Wildman–Crippen MR) is 56.0 cm³/mol. The SMILES string of the molecule is Cc1cnnc(NC2CCCC2N)c1. The molecule has 1 fully saturated rings. The van der Waals surface area contributed by atoms with Crippen molar-refractivity contribution in [1.29, 1.82) is 0 Å². The molecule has 0 bridgehead atoms. The second kappa shape index (κ2) is 3.92. The molecule has 1 saturated carbocycles. The molecule has 76 valence electrons. The lowest BCUT2D eigenvalue weighted by atomic mass is 10.2. The van der Waals surface area contributed by atoms with Gasteiger partial charge in [-0.25, -0.2) is 0 Å². The number of aromatic nitrogens is 2. The lowest BCUT2D eigenvalue weighted by molar-refractivity contribution is 0.634. The normalized spacial score (nSPS) is 26.4. The van der Waals surface area contributed by atoms with E-state index in [1.54, 1.807) is 6.20 Å². The van der Waals surface area contributed by atoms with E-state index >= 15 is 0 Å². The number of hydrogen-bond acceptors (Lipinski definition) is 4. The maximum Gasteiger partial charge on any atom is 0.149 e. The Balaban J connectivity index is 2.03. The standard InChI is InChI=1S/C10H16N4/c1-7-5-10(14-12-6-7)13-9-4-2-3-8(9)11/h5-6,8-9H,2-4,11H2,1H3,(H,13,14). The van der Waals surface area contributed by atoms with Gasteiger partial charge < -0.3 is 11.1 Å². The average Bonchev–Trinajstić information content (AvgIpc) is 2.52. The van der Waals surface area contributed by atoms with E-state index in [0.717, 1.165) is 24.2 Å². The van der Waals surface area contributed by atoms with Gasteiger partial charge >= 0.3 is 0 Å². The topological polar surface area (TPSA) is 63.8 Å². The summed E-state index contributed by atoms with van der Waals surface area (Å²) in [4.78, 5) is 0. The Kier molecular flexibility index (Phi) is 2.63. The van der Waals surface area contributed by atoms with Gasteiger partial charge in [-0.15, -0.1) is 5.10 Å². The molecule has 1 aromatic heterocycles. The van der Waals surface area contributed by atoms with Crippen LogP contribution >= 0.6 is 0 Å². The molecule has 4 heteroatoms. The van der Waals surface area contributed by atoms with Crippen LogP contribution in [0.3, 0.4) is 0 Å². The van der Waals surface area contributed by atoms with Crippen LogP contribution in [0.15, 0.2) is 12.3 Å². The third-order valence-corrected chi connectivity index (χ3v) is 2.69. The van der Waals surface area contributed by atoms with Crippen molar-refractivity contribution in [2.45, 2.75) is 38.3 Å². The van der Waals surface area contributed by atoms with Crippen molar-refractivity contribution in [3.8, 4) is 0 Å². The summed E-state index contributed by atoms with van der Waals surface area (Å²) in [5.74, 6) is 0.840. The van der Waals surface area contributed by atoms with Crippen LogP contribution < -0.4 is 11.1 Å². The molecular formula is C10H16N4. The molecule has 4 nitrogen and oxygen atoms in total. The van der Waals surface area contributed by atoms with Crippen LogP contribution in [0.2, 0.25) is 0 Å². The second-order valence-corrected chi connectivity index (χ2v) is 3.96. The molecule has 14 heavy (non-hydrogen) atoms. The van der Waals surface area contributed by atoms with Gasteiger partial charge in [0.25, 0.3) is 0 Å². The molecule has 1 heterocycles. The zero-order valence-corrected chi connectivity index (χ0v) is 8.40. The van der Waals surface area contributed by atoms with Crippen molar-refractivity contribution in [1.82, 2.24) is 10.2 Å². The van der Waals surface area contributed by atoms with Gasteiger partial charge in [0, 0.05) is 12.1 Å². The summed E-state index contributed by atoms with van der Waals surface area (Å²) in [5, 5.41) is 11.3. The third kappa shape index (κ3) is 2.01. The zero-order valence-electron chi connectivity index (χ0n) is 8.40. The van der Waals surface area contributed by atoms with E-state index in [2.05, 4.69) is 15.5 Å². The fraction of sp³-hybridized carbons (Fsp3) is 0.600. The number of rotatable bonds is 2. The molecule has 0 aliphatic heterocycles. The monoisotopic (exact) mass is 192 g/mol. The van der Waals surface area contributed by atoms with E-state index in [0.29, 0.717) is 6.04 Å². The number of nitrogens with zero attached hydrogens (tertiary/aromatic N) is 2. The molecular weight excluding hydrogens is 176 g/mol. The molecule has 3 N–H and O–H groups in total. The van der Waals surface area contributed by atoms with Gasteiger partial charge in [-0.3, -0.25) is 0 Å². The molecule has 1 aliphatic rings. The quantitative estimate of drug-likeness (QED) is 0.736. The van der Waals surface area contributed by atoms with Crippen molar-refractivity contribution in [3.05, 3.63) is 17.8 Å². The van der Waals surface area contributed by atoms with Crippen molar-refractivity contribution in [3.63, 3.8) is 0 Å². The van der Waals surface area contributed by atoms with Gasteiger partial charge in [0.2, 0.25) is 0 Å². The van der Waals surface area contributed by atoms with Crippen LogP contribution in [-0.4, -0.2) is 22.3 Å². The largest absolute Gasteiger partial charge is 0.364 e. The van der Waals surface area contributed by atoms with E-state index in [4.69, 9.17) is 5.73 Å². The highest BCUT2D eigenvalue weighted by atomic mass is 15.2. The van der Waals surface area contributed by atoms with Crippen molar-refractivity contribution in [2.24, 2.45) is 5.73 Å². The Morgan fingerprint density at radius 2 is 2.36 bits per heavy atom. The number of aryl methyl sites for hydroxylation is 1. The molecule has 0 saturated heterocycles. The van der Waals surface area contributed by atoms with Crippen molar-refractivity contribution in [2.75, 3.05) is 5.32 Å². The van der Waals surface area contributed by atoms with Gasteiger partial charge in [-0.1, -0.05) is 0 Å². The first-order valence-electron chi connectivity index (χ1n) is 5.07. The lowest BCUT2D eigenvalue weighted by Gasteiger charge is -2.17. The van der Waals surface area contributed by atoms with Crippen LogP contribution in [0, 0.1) is 6.92 Å². The minimum Gasteiger partial charge on any atom is -0.364 e. The Labute approximate surface area is 83.9 Å². The molecule has 2 atom stereocenters. The van der Waals surface area contributed by atoms with Crippen LogP contribution in [0.25, 0.3) is 0 Å². The van der Waals surface area contributed by atoms with E-state index < -0.39 is 0 Å². The Hall–Kier alpha value is -1.16. The average molecular weight is 192 g/mol. The number of hydrogen-bond donors (Lipinski definition) is 2. The summed E-state index contributed by atoms with van der Waals surface area (Å²) < 4.78 is 0. The van der Waals surface area contributed by atoms with Gasteiger partial charge in [0.15, 0.2) is 0 Å². The number of anilines is 1. The molecule has 0 amide bonds. The molecule has 2 unspecified atom stereocenters. The fourth-order valence-electron chi connectivity index (χ4n) is 1.89. The van der Waals surface area contributed by atoms with Crippen molar-refractivity contribution >= 4 is 5.82 Å². The Morgan fingerprint density at radius 1 is 1.50 bits per heavy atom. The first-order valence-corrected chi connectivity index (χ1v) is 5.07. The highest BCUT2D eigenvalue weighted by molar-refractivity contribution is 5.37. The molecule has 0 radical (unpaired) electrons. The highest BCUT2D eigenvalue weighted by Crippen LogP contribution is 2.20. The van der Waals surface area contributed by atoms with Crippen LogP contribution in [0.1, 0.15) is 24.8 Å². The van der Waals surface area contributed by atoms with Gasteiger partial charge in [0.05, 0.1) is 6.20 Å². The molecule has 2 rings (SSSR count). The summed E-state index contributed by atoms with van der Waals surface area (Å²) >= 11 is 0. The fourth-order valence-corrected chi connectivity index (χ4v) is 1.89. The van der Waals surface area contributed by atoms with E-state index in [1.165, 1.54) is 6.42 Å². The Bertz CT molecular complexity index is 313. The summed E-state index contributed by atoms with van der Waals surface area (Å²) in [6.07, 6.45) is 5.20. The van der Waals surface area contributed by atoms with Gasteiger partial charge in [0.1, 0.15) is 5.82 Å². The minimum atomic E-state index is 0.261. The van der Waals surface area contributed by atoms with E-state index in [9.17, 15) is 0 Å². The van der Waals surface area contributed by atoms with Crippen LogP contribution in [0.5, 0.6) is 0 Å². The maximum absolute atomic E-state index is 5.95. The third-order valence-electron chi connectivity index (χ3n) is 2.69. The van der Waals surface area contributed by atoms with Crippen LogP contribution in [-0.2, 0) is 0 Å². The summed E-state index contributed by atoms with van der Waals surface area (Å²) in [7, 11) is 0. The minimum absolute atomic E-state index is 0.261. The first-order chi connectivity index (χ1) is 6.75. The summed E-state index contributed by atoms with van der Waals surface area (Å²) in [6.45, 7) is 2.01. The van der Waals surface area contributed by atoms with Crippen molar-refractivity contribution < 1.29 is 0 Å². The first kappa shape index (κ1) is 9.40. The zero-order chi connectivity index (χ0) is 9.97. The number of nitrogens with one attached hydrogen (secondary N) is 1. The predicted octanol–water partition coefficient (Wildman–Crippen LogP) is 1.08.